The van der Waals surface area contributed by atoms with Gasteiger partial charge in [0.15, 0.2) is 0 Å². The van der Waals surface area contributed by atoms with E-state index in [0.29, 0.717) is 6.54 Å². The highest BCUT2D eigenvalue weighted by atomic mass is 16.3. The summed E-state index contributed by atoms with van der Waals surface area (Å²) in [7, 11) is 0. The molecule has 1 aromatic heterocycles. The molecule has 2 unspecified atom stereocenters. The van der Waals surface area contributed by atoms with Gasteiger partial charge < -0.3 is 15.0 Å². The van der Waals surface area contributed by atoms with Crippen LogP contribution >= 0.6 is 0 Å². The van der Waals surface area contributed by atoms with Crippen LogP contribution in [0.2, 0.25) is 0 Å². The Kier molecular flexibility index (Phi) is 4.97. The fraction of sp³-hybridized carbons (Fsp3) is 0.350. The lowest BCUT2D eigenvalue weighted by Gasteiger charge is -2.19. The number of hydrogen-bond donors (Lipinski definition) is 2. The van der Waals surface area contributed by atoms with Gasteiger partial charge in [0.2, 0.25) is 0 Å². The number of para-hydroxylation sites is 2. The maximum absolute atomic E-state index is 10.5. The minimum absolute atomic E-state index is 0.0658. The lowest BCUT2D eigenvalue weighted by atomic mass is 10.0. The summed E-state index contributed by atoms with van der Waals surface area (Å²) in [5.74, 6) is 1.01. The van der Waals surface area contributed by atoms with Gasteiger partial charge in [-0.1, -0.05) is 36.4 Å². The highest BCUT2D eigenvalue weighted by Crippen LogP contribution is 2.22. The predicted octanol–water partition coefficient (Wildman–Crippen LogP) is 3.75. The first-order valence-corrected chi connectivity index (χ1v) is 8.54. The smallest absolute Gasteiger partial charge is 0.126 e. The molecule has 0 spiro atoms. The largest absolute Gasteiger partial charge is 0.387 e. The van der Waals surface area contributed by atoms with E-state index in [1.165, 1.54) is 0 Å². The van der Waals surface area contributed by atoms with Crippen LogP contribution in [0.3, 0.4) is 0 Å². The summed E-state index contributed by atoms with van der Waals surface area (Å²) in [6.45, 7) is 7.63. The number of nitrogens with one attached hydrogen (secondary N) is 1. The number of aliphatic hydroxyl groups is 1. The second-order valence-corrected chi connectivity index (χ2v) is 6.21. The summed E-state index contributed by atoms with van der Waals surface area (Å²) in [6, 6.07) is 16.2. The van der Waals surface area contributed by atoms with Crippen molar-refractivity contribution in [2.75, 3.05) is 6.54 Å². The number of aliphatic hydroxyl groups excluding tert-OH is 1. The number of nitrogens with zero attached hydrogens (tertiary/aromatic N) is 2. The first kappa shape index (κ1) is 16.7. The standard InChI is InChI=1S/C20H25N3O/c1-4-23-18-12-8-7-11-17(18)22-20(23)15(3)21-13-19(24)16-10-6-5-9-14(16)2/h5-12,15,19,21,24H,4,13H2,1-3H3. The third-order valence-electron chi connectivity index (χ3n) is 4.55. The molecule has 2 atom stereocenters. The van der Waals surface area contributed by atoms with E-state index in [0.717, 1.165) is 34.5 Å². The van der Waals surface area contributed by atoms with Crippen LogP contribution in [-0.2, 0) is 6.54 Å². The molecule has 1 heterocycles. The monoisotopic (exact) mass is 323 g/mol. The van der Waals surface area contributed by atoms with Crippen molar-refractivity contribution in [2.24, 2.45) is 0 Å². The van der Waals surface area contributed by atoms with Crippen molar-refractivity contribution in [1.82, 2.24) is 14.9 Å². The molecule has 0 aliphatic carbocycles. The molecule has 24 heavy (non-hydrogen) atoms. The van der Waals surface area contributed by atoms with Crippen LogP contribution in [0.1, 0.15) is 42.9 Å². The Morgan fingerprint density at radius 3 is 2.58 bits per heavy atom. The molecular formula is C20H25N3O. The zero-order valence-corrected chi connectivity index (χ0v) is 14.5. The first-order chi connectivity index (χ1) is 11.6. The molecular weight excluding hydrogens is 298 g/mol. The van der Waals surface area contributed by atoms with E-state index < -0.39 is 6.10 Å². The van der Waals surface area contributed by atoms with Gasteiger partial charge >= 0.3 is 0 Å². The van der Waals surface area contributed by atoms with E-state index >= 15 is 0 Å². The molecule has 0 aliphatic heterocycles. The van der Waals surface area contributed by atoms with E-state index in [9.17, 15) is 5.11 Å². The van der Waals surface area contributed by atoms with Gasteiger partial charge in [0.25, 0.3) is 0 Å². The average Bonchev–Trinajstić information content (AvgIpc) is 2.98. The summed E-state index contributed by atoms with van der Waals surface area (Å²) >= 11 is 0. The van der Waals surface area contributed by atoms with E-state index in [1.54, 1.807) is 0 Å². The van der Waals surface area contributed by atoms with Crippen molar-refractivity contribution in [2.45, 2.75) is 39.5 Å². The number of aromatic nitrogens is 2. The zero-order valence-electron chi connectivity index (χ0n) is 14.5. The lowest BCUT2D eigenvalue weighted by molar-refractivity contribution is 0.169. The number of benzene rings is 2. The molecule has 4 heteroatoms. The predicted molar refractivity (Wildman–Crippen MR) is 98.0 cm³/mol. The third kappa shape index (κ3) is 3.21. The molecule has 2 aromatic carbocycles. The van der Waals surface area contributed by atoms with Gasteiger partial charge in [-0.15, -0.1) is 0 Å². The summed E-state index contributed by atoms with van der Waals surface area (Å²) < 4.78 is 2.23. The molecule has 0 amide bonds. The summed E-state index contributed by atoms with van der Waals surface area (Å²) in [5.41, 5.74) is 4.26. The zero-order chi connectivity index (χ0) is 17.1. The van der Waals surface area contributed by atoms with Crippen LogP contribution in [0, 0.1) is 6.92 Å². The highest BCUT2D eigenvalue weighted by Gasteiger charge is 2.17. The van der Waals surface area contributed by atoms with Crippen molar-refractivity contribution in [1.29, 1.82) is 0 Å². The maximum Gasteiger partial charge on any atom is 0.126 e. The molecule has 3 rings (SSSR count). The number of hydrogen-bond acceptors (Lipinski definition) is 3. The Bertz CT molecular complexity index is 825. The fourth-order valence-electron chi connectivity index (χ4n) is 3.21. The minimum atomic E-state index is -0.520. The van der Waals surface area contributed by atoms with E-state index in [2.05, 4.69) is 29.8 Å². The van der Waals surface area contributed by atoms with Crippen molar-refractivity contribution in [3.8, 4) is 0 Å². The van der Waals surface area contributed by atoms with Crippen molar-refractivity contribution in [3.05, 3.63) is 65.5 Å². The molecule has 0 bridgehead atoms. The van der Waals surface area contributed by atoms with Gasteiger partial charge in [0, 0.05) is 13.1 Å². The van der Waals surface area contributed by atoms with Crippen molar-refractivity contribution >= 4 is 11.0 Å². The van der Waals surface area contributed by atoms with Gasteiger partial charge in [-0.05, 0) is 44.0 Å². The quantitative estimate of drug-likeness (QED) is 0.726. The molecule has 2 N–H and O–H groups in total. The van der Waals surface area contributed by atoms with Gasteiger partial charge in [-0.25, -0.2) is 4.98 Å². The molecule has 0 aliphatic rings. The van der Waals surface area contributed by atoms with E-state index in [1.807, 2.05) is 49.4 Å². The molecule has 126 valence electrons. The van der Waals surface area contributed by atoms with Crippen LogP contribution in [0.15, 0.2) is 48.5 Å². The molecule has 0 fully saturated rings. The Morgan fingerprint density at radius 2 is 1.83 bits per heavy atom. The molecule has 0 saturated heterocycles. The van der Waals surface area contributed by atoms with Crippen molar-refractivity contribution in [3.63, 3.8) is 0 Å². The normalized spacial score (nSPS) is 14.0. The Hall–Kier alpha value is -2.17. The molecule has 0 saturated carbocycles. The summed E-state index contributed by atoms with van der Waals surface area (Å²) in [4.78, 5) is 4.77. The topological polar surface area (TPSA) is 50.1 Å². The van der Waals surface area contributed by atoms with Gasteiger partial charge in [0.05, 0.1) is 23.2 Å². The first-order valence-electron chi connectivity index (χ1n) is 8.54. The van der Waals surface area contributed by atoms with E-state index in [4.69, 9.17) is 4.98 Å². The minimum Gasteiger partial charge on any atom is -0.387 e. The van der Waals surface area contributed by atoms with Crippen LogP contribution in [-0.4, -0.2) is 21.2 Å². The average molecular weight is 323 g/mol. The molecule has 4 nitrogen and oxygen atoms in total. The molecule has 0 radical (unpaired) electrons. The number of fused-ring (bicyclic) bond motifs is 1. The van der Waals surface area contributed by atoms with E-state index in [-0.39, 0.29) is 6.04 Å². The van der Waals surface area contributed by atoms with Gasteiger partial charge in [-0.2, -0.15) is 0 Å². The number of imidazole rings is 1. The molecule has 3 aromatic rings. The number of aryl methyl sites for hydroxylation is 2. The second kappa shape index (κ2) is 7.16. The Morgan fingerprint density at radius 1 is 1.12 bits per heavy atom. The summed E-state index contributed by atoms with van der Waals surface area (Å²) in [6.07, 6.45) is -0.520. The maximum atomic E-state index is 10.5. The third-order valence-corrected chi connectivity index (χ3v) is 4.55. The Balaban J connectivity index is 1.76. The number of rotatable bonds is 6. The van der Waals surface area contributed by atoms with Crippen LogP contribution in [0.4, 0.5) is 0 Å². The van der Waals surface area contributed by atoms with Crippen LogP contribution < -0.4 is 5.32 Å². The SMILES string of the molecule is CCn1c(C(C)NCC(O)c2ccccc2C)nc2ccccc21. The fourth-order valence-corrected chi connectivity index (χ4v) is 3.21. The van der Waals surface area contributed by atoms with Gasteiger partial charge in [-0.3, -0.25) is 0 Å². The second-order valence-electron chi connectivity index (χ2n) is 6.21. The highest BCUT2D eigenvalue weighted by molar-refractivity contribution is 5.76. The van der Waals surface area contributed by atoms with Crippen molar-refractivity contribution < 1.29 is 5.11 Å². The van der Waals surface area contributed by atoms with Crippen LogP contribution in [0.25, 0.3) is 11.0 Å². The lowest BCUT2D eigenvalue weighted by Crippen LogP contribution is -2.27. The van der Waals surface area contributed by atoms with Gasteiger partial charge in [0.1, 0.15) is 5.82 Å². The Labute approximate surface area is 143 Å². The van der Waals surface area contributed by atoms with Crippen LogP contribution in [0.5, 0.6) is 0 Å². The summed E-state index contributed by atoms with van der Waals surface area (Å²) in [5, 5.41) is 13.9.